The van der Waals surface area contributed by atoms with E-state index in [-0.39, 0.29) is 42.4 Å². The standard InChI is InChI=1S/C35H31F2N5O4S/c1-5-29(43)41-18-23-15-27(39-42(23)16-19(41)2)33-31(30-26(37)13-22(36)14-28(30)46-10-9-45-4)34-24(8-11-47-34)32(38-33)20-6-7-21-17-40(3)35(44)25(21)12-20/h5-8,11-15,19H,1,9-10,16-18H2,2-4H3. The summed E-state index contributed by atoms with van der Waals surface area (Å²) in [6.07, 6.45) is 1.29. The minimum atomic E-state index is -0.811. The van der Waals surface area contributed by atoms with Gasteiger partial charge in [-0.05, 0) is 42.1 Å². The molecule has 0 spiro atoms. The smallest absolute Gasteiger partial charge is 0.254 e. The molecule has 0 fully saturated rings. The van der Waals surface area contributed by atoms with Crippen molar-refractivity contribution in [1.82, 2.24) is 24.6 Å². The molecule has 2 aromatic carbocycles. The van der Waals surface area contributed by atoms with E-state index in [0.717, 1.165) is 34.3 Å². The Kier molecular flexibility index (Phi) is 7.85. The van der Waals surface area contributed by atoms with Crippen LogP contribution in [0.1, 0.15) is 28.5 Å². The molecule has 7 rings (SSSR count). The maximum atomic E-state index is 16.1. The predicted molar refractivity (Wildman–Crippen MR) is 175 cm³/mol. The Balaban J connectivity index is 1.48. The zero-order chi connectivity index (χ0) is 33.0. The summed E-state index contributed by atoms with van der Waals surface area (Å²) in [7, 11) is 3.28. The molecule has 1 unspecified atom stereocenters. The molecule has 5 aromatic rings. The van der Waals surface area contributed by atoms with Crippen molar-refractivity contribution in [3.05, 3.63) is 89.0 Å². The van der Waals surface area contributed by atoms with E-state index in [1.54, 1.807) is 16.8 Å². The molecule has 9 nitrogen and oxygen atoms in total. The fourth-order valence-corrected chi connectivity index (χ4v) is 7.29. The van der Waals surface area contributed by atoms with Crippen LogP contribution in [0.15, 0.2) is 60.5 Å². The zero-order valence-electron chi connectivity index (χ0n) is 26.0. The maximum Gasteiger partial charge on any atom is 0.254 e. The second kappa shape index (κ2) is 12.0. The summed E-state index contributed by atoms with van der Waals surface area (Å²) in [6.45, 7) is 7.14. The van der Waals surface area contributed by atoms with Gasteiger partial charge in [-0.2, -0.15) is 5.10 Å². The minimum absolute atomic E-state index is 0.0107. The highest BCUT2D eigenvalue weighted by Crippen LogP contribution is 2.47. The average Bonchev–Trinajstić information content (AvgIpc) is 3.77. The van der Waals surface area contributed by atoms with Gasteiger partial charge in [0.05, 0.1) is 36.6 Å². The van der Waals surface area contributed by atoms with Crippen LogP contribution in [0.4, 0.5) is 8.78 Å². The van der Waals surface area contributed by atoms with Gasteiger partial charge in [0.25, 0.3) is 5.91 Å². The molecule has 2 aliphatic heterocycles. The number of amides is 2. The number of pyridine rings is 1. The van der Waals surface area contributed by atoms with Crippen LogP contribution in [0.2, 0.25) is 0 Å². The van der Waals surface area contributed by atoms with Crippen molar-refractivity contribution in [2.45, 2.75) is 32.6 Å². The Morgan fingerprint density at radius 2 is 1.94 bits per heavy atom. The van der Waals surface area contributed by atoms with Crippen molar-refractivity contribution >= 4 is 33.2 Å². The van der Waals surface area contributed by atoms with E-state index in [1.165, 1.54) is 24.5 Å². The van der Waals surface area contributed by atoms with Crippen molar-refractivity contribution in [3.63, 3.8) is 0 Å². The molecule has 1 atom stereocenters. The lowest BCUT2D eigenvalue weighted by Crippen LogP contribution is -2.44. The number of fused-ring (bicyclic) bond motifs is 3. The number of ether oxygens (including phenoxy) is 2. The van der Waals surface area contributed by atoms with Crippen LogP contribution in [0.5, 0.6) is 5.75 Å². The number of rotatable bonds is 8. The van der Waals surface area contributed by atoms with Gasteiger partial charge in [-0.25, -0.2) is 13.8 Å². The first kappa shape index (κ1) is 30.7. The minimum Gasteiger partial charge on any atom is -0.490 e. The monoisotopic (exact) mass is 655 g/mol. The van der Waals surface area contributed by atoms with Gasteiger partial charge in [-0.3, -0.25) is 14.3 Å². The number of thiophene rings is 1. The summed E-state index contributed by atoms with van der Waals surface area (Å²) in [5.41, 5.74) is 4.90. The molecule has 0 bridgehead atoms. The van der Waals surface area contributed by atoms with Gasteiger partial charge in [-0.15, -0.1) is 11.3 Å². The van der Waals surface area contributed by atoms with E-state index in [9.17, 15) is 14.0 Å². The number of carbonyl (C=O) groups excluding carboxylic acids is 2. The number of halogens is 2. The number of hydrogen-bond acceptors (Lipinski definition) is 7. The van der Waals surface area contributed by atoms with Crippen LogP contribution >= 0.6 is 11.3 Å². The van der Waals surface area contributed by atoms with E-state index in [0.29, 0.717) is 52.5 Å². The molecule has 0 saturated carbocycles. The molecule has 0 radical (unpaired) electrons. The average molecular weight is 656 g/mol. The molecule has 3 aromatic heterocycles. The van der Waals surface area contributed by atoms with E-state index in [2.05, 4.69) is 6.58 Å². The Morgan fingerprint density at radius 3 is 2.72 bits per heavy atom. The SMILES string of the molecule is C=CC(=O)N1Cc2cc(-c3nc(-c4ccc5c(c4)C(=O)N(C)C5)c4ccsc4c3-c3c(F)cc(F)cc3OCCOC)nn2CC1C. The highest BCUT2D eigenvalue weighted by Gasteiger charge is 2.31. The fourth-order valence-electron chi connectivity index (χ4n) is 6.35. The molecule has 0 saturated heterocycles. The lowest BCUT2D eigenvalue weighted by atomic mass is 9.95. The normalized spacial score (nSPS) is 15.7. The van der Waals surface area contributed by atoms with Crippen LogP contribution in [-0.4, -0.2) is 69.8 Å². The maximum absolute atomic E-state index is 16.1. The molecule has 0 aliphatic carbocycles. The highest BCUT2D eigenvalue weighted by atomic mass is 32.1. The molecule has 12 heteroatoms. The first-order chi connectivity index (χ1) is 22.7. The summed E-state index contributed by atoms with van der Waals surface area (Å²) in [6, 6.07) is 11.3. The molecule has 240 valence electrons. The van der Waals surface area contributed by atoms with Gasteiger partial charge < -0.3 is 19.3 Å². The topological polar surface area (TPSA) is 89.8 Å². The van der Waals surface area contributed by atoms with Crippen molar-refractivity contribution in [3.8, 4) is 39.5 Å². The first-order valence-corrected chi connectivity index (χ1v) is 16.0. The number of nitrogens with zero attached hydrogens (tertiary/aromatic N) is 5. The Morgan fingerprint density at radius 1 is 1.11 bits per heavy atom. The van der Waals surface area contributed by atoms with Gasteiger partial charge in [0.2, 0.25) is 5.91 Å². The summed E-state index contributed by atoms with van der Waals surface area (Å²) in [4.78, 5) is 34.1. The molecule has 2 amide bonds. The van der Waals surface area contributed by atoms with Crippen LogP contribution in [0.3, 0.4) is 0 Å². The quantitative estimate of drug-likeness (QED) is 0.144. The molecule has 2 aliphatic rings. The number of hydrogen-bond donors (Lipinski definition) is 0. The van der Waals surface area contributed by atoms with E-state index < -0.39 is 11.6 Å². The lowest BCUT2D eigenvalue weighted by molar-refractivity contribution is -0.129. The van der Waals surface area contributed by atoms with Crippen LogP contribution in [-0.2, 0) is 29.2 Å². The molecule has 0 N–H and O–H groups in total. The molecular weight excluding hydrogens is 624 g/mol. The second-order valence-electron chi connectivity index (χ2n) is 11.7. The Labute approximate surface area is 273 Å². The number of aromatic nitrogens is 3. The largest absolute Gasteiger partial charge is 0.490 e. The van der Waals surface area contributed by atoms with Crippen molar-refractivity contribution in [2.24, 2.45) is 0 Å². The fraction of sp³-hybridized carbons (Fsp3) is 0.257. The third-order valence-corrected chi connectivity index (χ3v) is 9.59. The van der Waals surface area contributed by atoms with Crippen LogP contribution < -0.4 is 4.74 Å². The summed E-state index contributed by atoms with van der Waals surface area (Å²) < 4.78 is 44.2. The summed E-state index contributed by atoms with van der Waals surface area (Å²) >= 11 is 1.39. The van der Waals surface area contributed by atoms with Gasteiger partial charge in [0, 0.05) is 65.7 Å². The van der Waals surface area contributed by atoms with E-state index in [1.807, 2.05) is 47.3 Å². The molecular formula is C35H31F2N5O4S. The highest BCUT2D eigenvalue weighted by molar-refractivity contribution is 7.18. The summed E-state index contributed by atoms with van der Waals surface area (Å²) in [5.74, 6) is -1.83. The third kappa shape index (κ3) is 5.27. The van der Waals surface area contributed by atoms with E-state index in [4.69, 9.17) is 19.6 Å². The van der Waals surface area contributed by atoms with Gasteiger partial charge >= 0.3 is 0 Å². The van der Waals surface area contributed by atoms with Crippen molar-refractivity contribution in [2.75, 3.05) is 27.4 Å². The van der Waals surface area contributed by atoms with Crippen LogP contribution in [0, 0.1) is 11.6 Å². The predicted octanol–water partition coefficient (Wildman–Crippen LogP) is 6.30. The van der Waals surface area contributed by atoms with Gasteiger partial charge in [0.15, 0.2) is 0 Å². The number of methoxy groups -OCH3 is 1. The lowest BCUT2D eigenvalue weighted by Gasteiger charge is -2.33. The van der Waals surface area contributed by atoms with Gasteiger partial charge in [0.1, 0.15) is 35.4 Å². The van der Waals surface area contributed by atoms with Crippen LogP contribution in [0.25, 0.3) is 43.9 Å². The molecule has 5 heterocycles. The van der Waals surface area contributed by atoms with E-state index >= 15 is 4.39 Å². The number of benzene rings is 2. The Bertz CT molecular complexity index is 2090. The third-order valence-electron chi connectivity index (χ3n) is 8.65. The van der Waals surface area contributed by atoms with Gasteiger partial charge in [-0.1, -0.05) is 18.7 Å². The summed E-state index contributed by atoms with van der Waals surface area (Å²) in [5, 5.41) is 7.54. The second-order valence-corrected chi connectivity index (χ2v) is 12.6. The zero-order valence-corrected chi connectivity index (χ0v) is 26.9. The van der Waals surface area contributed by atoms with Crippen molar-refractivity contribution in [1.29, 1.82) is 0 Å². The first-order valence-electron chi connectivity index (χ1n) is 15.1. The molecule has 47 heavy (non-hydrogen) atoms. The Hall–Kier alpha value is -4.94. The van der Waals surface area contributed by atoms with Crippen molar-refractivity contribution < 1.29 is 27.8 Å². The number of carbonyl (C=O) groups is 2.